The second-order valence-electron chi connectivity index (χ2n) is 7.95. The molecule has 0 N–H and O–H groups in total. The van der Waals surface area contributed by atoms with Gasteiger partial charge in [-0.1, -0.05) is 73.8 Å². The predicted molar refractivity (Wildman–Crippen MR) is 121 cm³/mol. The van der Waals surface area contributed by atoms with Crippen LogP contribution in [0.1, 0.15) is 61.3 Å². The van der Waals surface area contributed by atoms with Crippen LogP contribution in [0.3, 0.4) is 0 Å². The average molecular weight is 529 g/mol. The minimum absolute atomic E-state index is 0. The summed E-state index contributed by atoms with van der Waals surface area (Å²) in [5.74, 6) is 0. The standard InChI is InChI=1S/C15H20P.C10H15.2ClH.Zr/c1-3-9-16(10-4-2)15-11-13-7-5-6-8-14(13)12-15;1-7-6-10(4,5)9(3)8(7)2;;;/h5-8,11-12H,3-4,9-10H2,1-2H3;1-5H3;2*1H;/q2*-1;;;+4/p-2. The van der Waals surface area contributed by atoms with Gasteiger partial charge in [-0.25, -0.2) is 5.57 Å². The first-order valence-electron chi connectivity index (χ1n) is 10.0. The van der Waals surface area contributed by atoms with E-state index >= 15 is 0 Å². The molecule has 0 amide bonds. The summed E-state index contributed by atoms with van der Waals surface area (Å²) in [4.78, 5) is 0. The molecule has 0 heterocycles. The van der Waals surface area contributed by atoms with Gasteiger partial charge in [-0.2, -0.15) is 17.2 Å². The summed E-state index contributed by atoms with van der Waals surface area (Å²) in [6, 6.07) is 13.5. The van der Waals surface area contributed by atoms with Crippen LogP contribution >= 0.6 is 7.92 Å². The SMILES string of the molecule is CC1=[C-]C(C)(C)C(C)=C1C.CCCP(CCC)c1cc2ccccc2[cH-]1.[Cl-].[Cl-].[Zr+4]. The average Bonchev–Trinajstić information content (AvgIpc) is 3.10. The van der Waals surface area contributed by atoms with Crippen molar-refractivity contribution in [1.29, 1.82) is 0 Å². The van der Waals surface area contributed by atoms with Gasteiger partial charge in [0.25, 0.3) is 0 Å². The normalized spacial score (nSPS) is 14.4. The molecule has 4 heteroatoms. The van der Waals surface area contributed by atoms with Crippen molar-refractivity contribution in [3.05, 3.63) is 59.2 Å². The molecule has 0 fully saturated rings. The molecule has 0 atom stereocenters. The summed E-state index contributed by atoms with van der Waals surface area (Å²) in [6.07, 6.45) is 8.84. The third kappa shape index (κ3) is 8.33. The molecule has 0 radical (unpaired) electrons. The number of halogens is 2. The van der Waals surface area contributed by atoms with E-state index in [1.165, 1.54) is 52.7 Å². The molecule has 0 saturated heterocycles. The smallest absolute Gasteiger partial charge is 1.00 e. The first kappa shape index (κ1) is 31.4. The Morgan fingerprint density at radius 3 is 1.90 bits per heavy atom. The van der Waals surface area contributed by atoms with Crippen molar-refractivity contribution in [3.8, 4) is 0 Å². The Morgan fingerprint density at radius 1 is 0.966 bits per heavy atom. The predicted octanol–water partition coefficient (Wildman–Crippen LogP) is 1.60. The second-order valence-corrected chi connectivity index (χ2v) is 10.4. The van der Waals surface area contributed by atoms with Gasteiger partial charge in [0.15, 0.2) is 0 Å². The summed E-state index contributed by atoms with van der Waals surface area (Å²) in [7, 11) is 0.0972. The van der Waals surface area contributed by atoms with Gasteiger partial charge >= 0.3 is 26.2 Å². The Labute approximate surface area is 212 Å². The third-order valence-electron chi connectivity index (χ3n) is 5.52. The molecule has 2 aromatic carbocycles. The number of rotatable bonds is 5. The van der Waals surface area contributed by atoms with Gasteiger partial charge in [-0.15, -0.1) is 47.3 Å². The first-order valence-corrected chi connectivity index (χ1v) is 11.7. The van der Waals surface area contributed by atoms with Crippen LogP contribution in [0.25, 0.3) is 10.8 Å². The summed E-state index contributed by atoms with van der Waals surface area (Å²) < 4.78 is 0. The number of fused-ring (bicyclic) bond motifs is 1. The molecule has 0 aliphatic heterocycles. The van der Waals surface area contributed by atoms with Crippen LogP contribution in [0.4, 0.5) is 0 Å². The molecule has 158 valence electrons. The molecule has 0 saturated carbocycles. The quantitative estimate of drug-likeness (QED) is 0.409. The van der Waals surface area contributed by atoms with Crippen molar-refractivity contribution < 1.29 is 51.0 Å². The third-order valence-corrected chi connectivity index (χ3v) is 8.48. The topological polar surface area (TPSA) is 0 Å². The van der Waals surface area contributed by atoms with Gasteiger partial charge in [-0.05, 0) is 12.3 Å². The largest absolute Gasteiger partial charge is 4.00 e. The Kier molecular flexibility index (Phi) is 15.5. The van der Waals surface area contributed by atoms with E-state index in [-0.39, 0.29) is 64.4 Å². The van der Waals surface area contributed by atoms with Crippen LogP contribution in [0.5, 0.6) is 0 Å². The Hall–Kier alpha value is 0.203. The molecule has 29 heavy (non-hydrogen) atoms. The number of hydrogen-bond donors (Lipinski definition) is 0. The fourth-order valence-electron chi connectivity index (χ4n) is 3.63. The maximum Gasteiger partial charge on any atom is 4.00 e. The molecule has 0 aromatic heterocycles. The summed E-state index contributed by atoms with van der Waals surface area (Å²) in [6.45, 7) is 15.5. The Balaban J connectivity index is 0. The zero-order valence-electron chi connectivity index (χ0n) is 19.0. The Bertz CT molecular complexity index is 763. The monoisotopic (exact) mass is 526 g/mol. The Morgan fingerprint density at radius 2 is 1.52 bits per heavy atom. The van der Waals surface area contributed by atoms with E-state index in [0.29, 0.717) is 0 Å². The molecular weight excluding hydrogens is 493 g/mol. The van der Waals surface area contributed by atoms with Crippen molar-refractivity contribution in [3.63, 3.8) is 0 Å². The van der Waals surface area contributed by atoms with Gasteiger partial charge in [-0.3, -0.25) is 6.08 Å². The fourth-order valence-corrected chi connectivity index (χ4v) is 6.10. The molecule has 1 aliphatic carbocycles. The van der Waals surface area contributed by atoms with E-state index in [2.05, 4.69) is 90.9 Å². The van der Waals surface area contributed by atoms with Crippen molar-refractivity contribution in [1.82, 2.24) is 0 Å². The molecular formula is C25H35Cl2PZr. The summed E-state index contributed by atoms with van der Waals surface area (Å²) >= 11 is 0. The van der Waals surface area contributed by atoms with Crippen LogP contribution in [-0.2, 0) is 26.2 Å². The van der Waals surface area contributed by atoms with Crippen LogP contribution < -0.4 is 30.1 Å². The first-order chi connectivity index (χ1) is 12.3. The van der Waals surface area contributed by atoms with Crippen molar-refractivity contribution in [2.45, 2.75) is 61.3 Å². The molecule has 1 aliphatic rings. The maximum atomic E-state index is 3.44. The van der Waals surface area contributed by atoms with Crippen molar-refractivity contribution in [2.75, 3.05) is 12.3 Å². The van der Waals surface area contributed by atoms with Crippen LogP contribution in [0, 0.1) is 11.5 Å². The molecule has 0 nitrogen and oxygen atoms in total. The number of allylic oxidation sites excluding steroid dienone is 4. The van der Waals surface area contributed by atoms with E-state index in [4.69, 9.17) is 0 Å². The van der Waals surface area contributed by atoms with Gasteiger partial charge in [0.05, 0.1) is 0 Å². The summed E-state index contributed by atoms with van der Waals surface area (Å²) in [5, 5.41) is 4.44. The minimum atomic E-state index is 0. The van der Waals surface area contributed by atoms with Gasteiger partial charge in [0.2, 0.25) is 0 Å². The molecule has 2 aromatic rings. The van der Waals surface area contributed by atoms with Crippen molar-refractivity contribution in [2.24, 2.45) is 5.41 Å². The van der Waals surface area contributed by atoms with E-state index < -0.39 is 0 Å². The van der Waals surface area contributed by atoms with Crippen LogP contribution in [0.15, 0.2) is 53.1 Å². The zero-order valence-corrected chi connectivity index (χ0v) is 23.9. The number of hydrogen-bond acceptors (Lipinski definition) is 0. The minimum Gasteiger partial charge on any atom is -1.00 e. The fraction of sp³-hybridized carbons (Fsp3) is 0.480. The van der Waals surface area contributed by atoms with E-state index in [0.717, 1.165) is 0 Å². The van der Waals surface area contributed by atoms with Gasteiger partial charge in [0, 0.05) is 0 Å². The van der Waals surface area contributed by atoms with Crippen LogP contribution in [0.2, 0.25) is 0 Å². The molecule has 0 unspecified atom stereocenters. The second kappa shape index (κ2) is 14.3. The van der Waals surface area contributed by atoms with Gasteiger partial charge in [0.1, 0.15) is 0 Å². The van der Waals surface area contributed by atoms with Gasteiger partial charge < -0.3 is 24.8 Å². The van der Waals surface area contributed by atoms with E-state index in [1.54, 1.807) is 5.30 Å². The molecule has 0 bridgehead atoms. The molecule has 3 rings (SSSR count). The maximum absolute atomic E-state index is 3.44. The van der Waals surface area contributed by atoms with Crippen molar-refractivity contribution >= 4 is 24.0 Å². The zero-order chi connectivity index (χ0) is 19.3. The van der Waals surface area contributed by atoms with E-state index in [9.17, 15) is 0 Å². The number of benzene rings is 1. The summed E-state index contributed by atoms with van der Waals surface area (Å²) in [5.41, 5.74) is 4.39. The van der Waals surface area contributed by atoms with E-state index in [1.807, 2.05) is 0 Å². The molecule has 0 spiro atoms. The van der Waals surface area contributed by atoms with Crippen LogP contribution in [-0.4, -0.2) is 12.3 Å².